The minimum Gasteiger partial charge on any atom is -0.406 e. The van der Waals surface area contributed by atoms with Crippen molar-refractivity contribution in [2.24, 2.45) is 5.92 Å². The van der Waals surface area contributed by atoms with Crippen LogP contribution in [0.3, 0.4) is 0 Å². The zero-order valence-corrected chi connectivity index (χ0v) is 11.1. The first kappa shape index (κ1) is 16.3. The van der Waals surface area contributed by atoms with Gasteiger partial charge in [0.25, 0.3) is 0 Å². The Morgan fingerprint density at radius 3 is 2.65 bits per heavy atom. The molecule has 0 aromatic heterocycles. The molecule has 1 N–H and O–H groups in total. The van der Waals surface area contributed by atoms with Crippen LogP contribution >= 0.6 is 0 Å². The maximum Gasteiger partial charge on any atom is 0.573 e. The van der Waals surface area contributed by atoms with Crippen LogP contribution in [0.15, 0.2) is 29.2 Å². The van der Waals surface area contributed by atoms with Crippen molar-refractivity contribution in [3.8, 4) is 11.8 Å². The third-order valence-electron chi connectivity index (χ3n) is 2.15. The van der Waals surface area contributed by atoms with Crippen LogP contribution in [0.2, 0.25) is 0 Å². The van der Waals surface area contributed by atoms with Gasteiger partial charge in [0.15, 0.2) is 0 Å². The van der Waals surface area contributed by atoms with Crippen molar-refractivity contribution >= 4 is 10.0 Å². The fourth-order valence-corrected chi connectivity index (χ4v) is 2.37. The number of benzene rings is 1. The van der Waals surface area contributed by atoms with Crippen LogP contribution in [-0.4, -0.2) is 21.3 Å². The number of rotatable bonds is 5. The molecule has 0 aliphatic heterocycles. The molecule has 9 heteroatoms. The molecule has 20 heavy (non-hydrogen) atoms. The van der Waals surface area contributed by atoms with Gasteiger partial charge >= 0.3 is 6.36 Å². The van der Waals surface area contributed by atoms with E-state index >= 15 is 0 Å². The van der Waals surface area contributed by atoms with E-state index in [9.17, 15) is 21.6 Å². The fraction of sp³-hybridized carbons (Fsp3) is 0.364. The number of nitriles is 1. The molecule has 1 atom stereocenters. The molecule has 0 spiro atoms. The number of nitrogens with one attached hydrogen (secondary N) is 1. The SMILES string of the molecule is C[C@@H](C#N)CNS(=O)(=O)c1cccc(OC(F)(F)F)c1. The van der Waals surface area contributed by atoms with Gasteiger partial charge in [-0.2, -0.15) is 5.26 Å². The molecule has 0 saturated carbocycles. The third-order valence-corrected chi connectivity index (χ3v) is 3.57. The van der Waals surface area contributed by atoms with Crippen molar-refractivity contribution in [1.29, 1.82) is 5.26 Å². The van der Waals surface area contributed by atoms with E-state index in [0.29, 0.717) is 0 Å². The fourth-order valence-electron chi connectivity index (χ4n) is 1.20. The summed E-state index contributed by atoms with van der Waals surface area (Å²) < 4.78 is 65.5. The molecule has 0 fully saturated rings. The number of ether oxygens (including phenoxy) is 1. The maximum absolute atomic E-state index is 12.0. The van der Waals surface area contributed by atoms with Crippen molar-refractivity contribution in [3.63, 3.8) is 0 Å². The summed E-state index contributed by atoms with van der Waals surface area (Å²) in [4.78, 5) is -0.371. The highest BCUT2D eigenvalue weighted by Gasteiger charge is 2.31. The van der Waals surface area contributed by atoms with E-state index in [1.807, 2.05) is 6.07 Å². The summed E-state index contributed by atoms with van der Waals surface area (Å²) in [6, 6.07) is 5.83. The second kappa shape index (κ2) is 6.11. The van der Waals surface area contributed by atoms with Gasteiger partial charge in [0.05, 0.1) is 16.9 Å². The average molecular weight is 308 g/mol. The monoisotopic (exact) mass is 308 g/mol. The largest absolute Gasteiger partial charge is 0.573 e. The zero-order chi connectivity index (χ0) is 15.4. The van der Waals surface area contributed by atoms with Gasteiger partial charge in [-0.3, -0.25) is 0 Å². The molecule has 0 unspecified atom stereocenters. The van der Waals surface area contributed by atoms with Crippen molar-refractivity contribution in [2.45, 2.75) is 18.2 Å². The van der Waals surface area contributed by atoms with Gasteiger partial charge in [-0.05, 0) is 19.1 Å². The molecule has 0 aliphatic carbocycles. The average Bonchev–Trinajstić information content (AvgIpc) is 2.34. The summed E-state index contributed by atoms with van der Waals surface area (Å²) in [6.45, 7) is 1.37. The Kier molecular flexibility index (Phi) is 4.97. The van der Waals surface area contributed by atoms with Gasteiger partial charge in [-0.15, -0.1) is 13.2 Å². The molecular formula is C11H11F3N2O3S. The van der Waals surface area contributed by atoms with Crippen molar-refractivity contribution in [3.05, 3.63) is 24.3 Å². The molecule has 5 nitrogen and oxygen atoms in total. The number of sulfonamides is 1. The van der Waals surface area contributed by atoms with E-state index in [2.05, 4.69) is 9.46 Å². The number of hydrogen-bond donors (Lipinski definition) is 1. The smallest absolute Gasteiger partial charge is 0.406 e. The quantitative estimate of drug-likeness (QED) is 0.902. The molecule has 1 aromatic carbocycles. The molecule has 0 bridgehead atoms. The lowest BCUT2D eigenvalue weighted by molar-refractivity contribution is -0.274. The molecule has 0 radical (unpaired) electrons. The van der Waals surface area contributed by atoms with E-state index in [1.54, 1.807) is 0 Å². The van der Waals surface area contributed by atoms with Crippen LogP contribution in [0.25, 0.3) is 0 Å². The first-order valence-corrected chi connectivity index (χ1v) is 6.87. The summed E-state index contributed by atoms with van der Waals surface area (Å²) in [5, 5.41) is 8.54. The van der Waals surface area contributed by atoms with E-state index in [0.717, 1.165) is 24.3 Å². The number of hydrogen-bond acceptors (Lipinski definition) is 4. The minimum atomic E-state index is -4.90. The van der Waals surface area contributed by atoms with E-state index in [1.165, 1.54) is 6.92 Å². The van der Waals surface area contributed by atoms with Crippen LogP contribution in [-0.2, 0) is 10.0 Å². The highest BCUT2D eigenvalue weighted by Crippen LogP contribution is 2.24. The highest BCUT2D eigenvalue weighted by molar-refractivity contribution is 7.89. The second-order valence-corrected chi connectivity index (χ2v) is 5.67. The minimum absolute atomic E-state index is 0.136. The van der Waals surface area contributed by atoms with E-state index in [4.69, 9.17) is 5.26 Å². The zero-order valence-electron chi connectivity index (χ0n) is 10.3. The predicted octanol–water partition coefficient (Wildman–Crippen LogP) is 2.02. The molecule has 0 amide bonds. The summed E-state index contributed by atoms with van der Waals surface area (Å²) >= 11 is 0. The Balaban J connectivity index is 2.91. The van der Waals surface area contributed by atoms with Crippen LogP contribution in [0.1, 0.15) is 6.92 Å². The van der Waals surface area contributed by atoms with Crippen molar-refractivity contribution in [2.75, 3.05) is 6.54 Å². The number of halogens is 3. The Morgan fingerprint density at radius 1 is 1.45 bits per heavy atom. The molecule has 0 aliphatic rings. The van der Waals surface area contributed by atoms with Crippen molar-refractivity contribution in [1.82, 2.24) is 4.72 Å². The van der Waals surface area contributed by atoms with Crippen LogP contribution < -0.4 is 9.46 Å². The number of nitrogens with zero attached hydrogens (tertiary/aromatic N) is 1. The first-order valence-electron chi connectivity index (χ1n) is 5.39. The predicted molar refractivity (Wildman–Crippen MR) is 63.1 cm³/mol. The third kappa shape index (κ3) is 5.07. The summed E-state index contributed by atoms with van der Waals surface area (Å²) in [6.07, 6.45) is -4.90. The van der Waals surface area contributed by atoms with Gasteiger partial charge in [-0.25, -0.2) is 13.1 Å². The second-order valence-electron chi connectivity index (χ2n) is 3.90. The lowest BCUT2D eigenvalue weighted by atomic mass is 10.2. The Hall–Kier alpha value is -1.79. The van der Waals surface area contributed by atoms with Gasteiger partial charge in [0.2, 0.25) is 10.0 Å². The topological polar surface area (TPSA) is 79.2 Å². The normalized spacial score (nSPS) is 13.6. The Bertz CT molecular complexity index is 608. The standard InChI is InChI=1S/C11H11F3N2O3S/c1-8(6-15)7-16-20(17,18)10-4-2-3-9(5-10)19-11(12,13)14/h2-5,8,16H,7H2,1H3/t8-/m0/s1. The summed E-state index contributed by atoms with van der Waals surface area (Å²) in [7, 11) is -3.99. The molecule has 0 heterocycles. The first-order chi connectivity index (χ1) is 9.14. The van der Waals surface area contributed by atoms with Gasteiger partial charge in [0.1, 0.15) is 5.75 Å². The number of alkyl halides is 3. The molecule has 1 rings (SSSR count). The maximum atomic E-state index is 12.0. The van der Waals surface area contributed by atoms with Crippen LogP contribution in [0.4, 0.5) is 13.2 Å². The Labute approximate surface area is 114 Å². The molecule has 1 aromatic rings. The van der Waals surface area contributed by atoms with Crippen LogP contribution in [0, 0.1) is 17.2 Å². The lowest BCUT2D eigenvalue weighted by Crippen LogP contribution is -2.28. The van der Waals surface area contributed by atoms with Gasteiger partial charge in [-0.1, -0.05) is 6.07 Å². The lowest BCUT2D eigenvalue weighted by Gasteiger charge is -2.11. The van der Waals surface area contributed by atoms with E-state index < -0.39 is 28.1 Å². The van der Waals surface area contributed by atoms with Crippen LogP contribution in [0.5, 0.6) is 5.75 Å². The van der Waals surface area contributed by atoms with Gasteiger partial charge in [0, 0.05) is 12.6 Å². The van der Waals surface area contributed by atoms with Gasteiger partial charge < -0.3 is 4.74 Å². The molecule has 110 valence electrons. The summed E-state index contributed by atoms with van der Waals surface area (Å²) in [5.74, 6) is -1.19. The van der Waals surface area contributed by atoms with Crippen molar-refractivity contribution < 1.29 is 26.3 Å². The summed E-state index contributed by atoms with van der Waals surface area (Å²) in [5.41, 5.74) is 0. The highest BCUT2D eigenvalue weighted by atomic mass is 32.2. The Morgan fingerprint density at radius 2 is 2.10 bits per heavy atom. The molecular weight excluding hydrogens is 297 g/mol. The van der Waals surface area contributed by atoms with E-state index in [-0.39, 0.29) is 11.4 Å². The molecule has 0 saturated heterocycles.